The minimum atomic E-state index is -3.46. The standard InChI is InChI=1S/C17H26N2O3S/c1-3-5-6-15-7-9-16(10-8-15)23(21,22)19-13-11-18(12-14-19)17(20)4-2/h7-10H,3-6,11-14H2,1-2H3. The zero-order valence-electron chi connectivity index (χ0n) is 14.0. The van der Waals surface area contributed by atoms with E-state index in [1.54, 1.807) is 17.0 Å². The quantitative estimate of drug-likeness (QED) is 0.799. The summed E-state index contributed by atoms with van der Waals surface area (Å²) < 4.78 is 26.8. The number of amides is 1. The van der Waals surface area contributed by atoms with E-state index in [-0.39, 0.29) is 5.91 Å². The van der Waals surface area contributed by atoms with Crippen LogP contribution in [0.4, 0.5) is 0 Å². The highest BCUT2D eigenvalue weighted by atomic mass is 32.2. The Morgan fingerprint density at radius 3 is 2.17 bits per heavy atom. The summed E-state index contributed by atoms with van der Waals surface area (Å²) >= 11 is 0. The largest absolute Gasteiger partial charge is 0.340 e. The van der Waals surface area contributed by atoms with Crippen molar-refractivity contribution in [2.45, 2.75) is 44.4 Å². The van der Waals surface area contributed by atoms with Crippen molar-refractivity contribution in [2.24, 2.45) is 0 Å². The molecular weight excluding hydrogens is 312 g/mol. The van der Waals surface area contributed by atoms with Gasteiger partial charge < -0.3 is 4.90 Å². The lowest BCUT2D eigenvalue weighted by Crippen LogP contribution is -2.50. The Balaban J connectivity index is 2.03. The molecule has 0 radical (unpaired) electrons. The van der Waals surface area contributed by atoms with Crippen LogP contribution < -0.4 is 0 Å². The van der Waals surface area contributed by atoms with Crippen LogP contribution in [-0.4, -0.2) is 49.7 Å². The SMILES string of the molecule is CCCCc1ccc(S(=O)(=O)N2CCN(C(=O)CC)CC2)cc1. The number of carbonyl (C=O) groups excluding carboxylic acids is 1. The summed E-state index contributed by atoms with van der Waals surface area (Å²) in [7, 11) is -3.46. The van der Waals surface area contributed by atoms with Crippen LogP contribution in [0.3, 0.4) is 0 Å². The minimum Gasteiger partial charge on any atom is -0.340 e. The third-order valence-corrected chi connectivity index (χ3v) is 6.19. The molecule has 23 heavy (non-hydrogen) atoms. The molecule has 128 valence electrons. The summed E-state index contributed by atoms with van der Waals surface area (Å²) in [6.07, 6.45) is 3.68. The second-order valence-corrected chi connectivity index (χ2v) is 7.82. The van der Waals surface area contributed by atoms with Gasteiger partial charge in [0.05, 0.1) is 4.90 Å². The van der Waals surface area contributed by atoms with E-state index in [9.17, 15) is 13.2 Å². The van der Waals surface area contributed by atoms with Crippen LogP contribution in [0.1, 0.15) is 38.7 Å². The zero-order chi connectivity index (χ0) is 16.9. The third kappa shape index (κ3) is 4.32. The molecule has 1 aromatic rings. The van der Waals surface area contributed by atoms with Gasteiger partial charge >= 0.3 is 0 Å². The molecule has 1 fully saturated rings. The summed E-state index contributed by atoms with van der Waals surface area (Å²) in [5, 5.41) is 0. The van der Waals surface area contributed by atoms with Crippen LogP contribution in [0.5, 0.6) is 0 Å². The van der Waals surface area contributed by atoms with Crippen LogP contribution in [0.15, 0.2) is 29.2 Å². The van der Waals surface area contributed by atoms with Gasteiger partial charge in [-0.05, 0) is 30.5 Å². The Hall–Kier alpha value is -1.40. The second-order valence-electron chi connectivity index (χ2n) is 5.89. The molecule has 1 saturated heterocycles. The molecule has 1 amide bonds. The molecule has 1 aliphatic rings. The molecule has 0 spiro atoms. The summed E-state index contributed by atoms with van der Waals surface area (Å²) in [5.41, 5.74) is 1.17. The fourth-order valence-electron chi connectivity index (χ4n) is 2.76. The zero-order valence-corrected chi connectivity index (χ0v) is 14.8. The van der Waals surface area contributed by atoms with Crippen molar-refractivity contribution in [3.05, 3.63) is 29.8 Å². The third-order valence-electron chi connectivity index (χ3n) is 4.27. The normalized spacial score (nSPS) is 16.5. The maximum atomic E-state index is 12.7. The van der Waals surface area contributed by atoms with Gasteiger partial charge in [-0.2, -0.15) is 4.31 Å². The highest BCUT2D eigenvalue weighted by Gasteiger charge is 2.29. The monoisotopic (exact) mass is 338 g/mol. The van der Waals surface area contributed by atoms with Crippen LogP contribution >= 0.6 is 0 Å². The Kier molecular flexibility index (Phi) is 6.18. The maximum Gasteiger partial charge on any atom is 0.243 e. The molecule has 0 aliphatic carbocycles. The summed E-state index contributed by atoms with van der Waals surface area (Å²) in [5.74, 6) is 0.0855. The number of unbranched alkanes of at least 4 members (excludes halogenated alkanes) is 1. The van der Waals surface area contributed by atoms with E-state index in [2.05, 4.69) is 6.92 Å². The number of benzene rings is 1. The fraction of sp³-hybridized carbons (Fsp3) is 0.588. The molecule has 5 nitrogen and oxygen atoms in total. The van der Waals surface area contributed by atoms with Crippen LogP contribution in [-0.2, 0) is 21.2 Å². The van der Waals surface area contributed by atoms with Crippen molar-refractivity contribution in [2.75, 3.05) is 26.2 Å². The van der Waals surface area contributed by atoms with Crippen LogP contribution in [0.25, 0.3) is 0 Å². The van der Waals surface area contributed by atoms with Crippen molar-refractivity contribution in [3.63, 3.8) is 0 Å². The van der Waals surface area contributed by atoms with Crippen molar-refractivity contribution in [1.29, 1.82) is 0 Å². The molecule has 1 aromatic carbocycles. The van der Waals surface area contributed by atoms with E-state index in [0.717, 1.165) is 19.3 Å². The summed E-state index contributed by atoms with van der Waals surface area (Å²) in [6, 6.07) is 7.20. The van der Waals surface area contributed by atoms with Gasteiger partial charge in [0.1, 0.15) is 0 Å². The Morgan fingerprint density at radius 1 is 1.04 bits per heavy atom. The number of nitrogens with zero attached hydrogens (tertiary/aromatic N) is 2. The van der Waals surface area contributed by atoms with Gasteiger partial charge in [-0.1, -0.05) is 32.4 Å². The van der Waals surface area contributed by atoms with E-state index < -0.39 is 10.0 Å². The molecule has 0 bridgehead atoms. The number of rotatable bonds is 6. The average Bonchev–Trinajstić information content (AvgIpc) is 2.59. The summed E-state index contributed by atoms with van der Waals surface area (Å²) in [6.45, 7) is 5.64. The van der Waals surface area contributed by atoms with Gasteiger partial charge in [0, 0.05) is 32.6 Å². The fourth-order valence-corrected chi connectivity index (χ4v) is 4.18. The highest BCUT2D eigenvalue weighted by Crippen LogP contribution is 2.19. The Bertz CT molecular complexity index is 618. The van der Waals surface area contributed by atoms with Gasteiger partial charge in [0.25, 0.3) is 0 Å². The molecular formula is C17H26N2O3S. The van der Waals surface area contributed by atoms with Gasteiger partial charge in [0.15, 0.2) is 0 Å². The Morgan fingerprint density at radius 2 is 1.65 bits per heavy atom. The molecule has 0 aromatic heterocycles. The molecule has 1 aliphatic heterocycles. The molecule has 0 saturated carbocycles. The van der Waals surface area contributed by atoms with E-state index in [0.29, 0.717) is 37.5 Å². The van der Waals surface area contributed by atoms with E-state index in [4.69, 9.17) is 0 Å². The first kappa shape index (κ1) is 17.9. The predicted octanol–water partition coefficient (Wildman–Crippen LogP) is 2.27. The predicted molar refractivity (Wildman–Crippen MR) is 90.7 cm³/mol. The van der Waals surface area contributed by atoms with E-state index in [1.165, 1.54) is 9.87 Å². The number of hydrogen-bond donors (Lipinski definition) is 0. The molecule has 0 atom stereocenters. The first-order chi connectivity index (χ1) is 11.0. The number of aryl methyl sites for hydroxylation is 1. The van der Waals surface area contributed by atoms with Crippen molar-refractivity contribution in [1.82, 2.24) is 9.21 Å². The van der Waals surface area contributed by atoms with E-state index >= 15 is 0 Å². The number of carbonyl (C=O) groups is 1. The smallest absolute Gasteiger partial charge is 0.243 e. The highest BCUT2D eigenvalue weighted by molar-refractivity contribution is 7.89. The molecule has 2 rings (SSSR count). The number of piperazine rings is 1. The first-order valence-electron chi connectivity index (χ1n) is 8.36. The lowest BCUT2D eigenvalue weighted by atomic mass is 10.1. The first-order valence-corrected chi connectivity index (χ1v) is 9.80. The number of hydrogen-bond acceptors (Lipinski definition) is 3. The van der Waals surface area contributed by atoms with Gasteiger partial charge in [-0.3, -0.25) is 4.79 Å². The van der Waals surface area contributed by atoms with Crippen molar-refractivity contribution >= 4 is 15.9 Å². The topological polar surface area (TPSA) is 57.7 Å². The van der Waals surface area contributed by atoms with Gasteiger partial charge in [-0.25, -0.2) is 8.42 Å². The van der Waals surface area contributed by atoms with Crippen molar-refractivity contribution in [3.8, 4) is 0 Å². The second kappa shape index (κ2) is 7.93. The lowest BCUT2D eigenvalue weighted by molar-refractivity contribution is -0.132. The number of sulfonamides is 1. The molecule has 0 N–H and O–H groups in total. The van der Waals surface area contributed by atoms with Crippen LogP contribution in [0, 0.1) is 0 Å². The lowest BCUT2D eigenvalue weighted by Gasteiger charge is -2.33. The average molecular weight is 338 g/mol. The van der Waals surface area contributed by atoms with Gasteiger partial charge in [-0.15, -0.1) is 0 Å². The van der Waals surface area contributed by atoms with Crippen LogP contribution in [0.2, 0.25) is 0 Å². The van der Waals surface area contributed by atoms with Crippen molar-refractivity contribution < 1.29 is 13.2 Å². The molecule has 0 unspecified atom stereocenters. The minimum absolute atomic E-state index is 0.0855. The summed E-state index contributed by atoms with van der Waals surface area (Å²) in [4.78, 5) is 13.8. The van der Waals surface area contributed by atoms with Gasteiger partial charge in [0.2, 0.25) is 15.9 Å². The Labute approximate surface area is 139 Å². The molecule has 1 heterocycles. The maximum absolute atomic E-state index is 12.7. The molecule has 6 heteroatoms. The van der Waals surface area contributed by atoms with E-state index in [1.807, 2.05) is 19.1 Å².